The SMILES string of the molecule is COC1=CC(=O)c2c(cc(C)cc2-c2c(OC)ccc3ccc(=O)oc23)C1=O. The number of benzene rings is 2. The number of rotatable bonds is 3. The van der Waals surface area contributed by atoms with Crippen LogP contribution in [0.1, 0.15) is 26.3 Å². The fourth-order valence-electron chi connectivity index (χ4n) is 3.51. The van der Waals surface area contributed by atoms with Gasteiger partial charge in [0.05, 0.1) is 19.8 Å². The molecule has 1 aromatic heterocycles. The highest BCUT2D eigenvalue weighted by Gasteiger charge is 2.31. The Bertz CT molecular complexity index is 1250. The van der Waals surface area contributed by atoms with Crippen molar-refractivity contribution in [1.29, 1.82) is 0 Å². The van der Waals surface area contributed by atoms with Gasteiger partial charge in [0.15, 0.2) is 11.5 Å². The Morgan fingerprint density at radius 1 is 0.857 bits per heavy atom. The number of hydrogen-bond acceptors (Lipinski definition) is 6. The van der Waals surface area contributed by atoms with E-state index in [1.807, 2.05) is 6.92 Å². The molecule has 1 heterocycles. The first-order valence-electron chi connectivity index (χ1n) is 8.55. The van der Waals surface area contributed by atoms with E-state index < -0.39 is 5.63 Å². The number of ether oxygens (including phenoxy) is 2. The van der Waals surface area contributed by atoms with Crippen molar-refractivity contribution in [2.75, 3.05) is 14.2 Å². The molecule has 0 fully saturated rings. The third-order valence-corrected chi connectivity index (χ3v) is 4.72. The molecule has 2 aromatic carbocycles. The topological polar surface area (TPSA) is 82.8 Å². The van der Waals surface area contributed by atoms with Gasteiger partial charge in [-0.3, -0.25) is 9.59 Å². The normalized spacial score (nSPS) is 13.3. The van der Waals surface area contributed by atoms with Crippen molar-refractivity contribution in [3.63, 3.8) is 0 Å². The van der Waals surface area contributed by atoms with E-state index in [-0.39, 0.29) is 28.5 Å². The molecular weight excluding hydrogens is 360 g/mol. The highest BCUT2D eigenvalue weighted by atomic mass is 16.5. The van der Waals surface area contributed by atoms with E-state index in [1.54, 1.807) is 30.3 Å². The van der Waals surface area contributed by atoms with Gasteiger partial charge in [0.1, 0.15) is 11.3 Å². The Kier molecular flexibility index (Phi) is 4.11. The molecule has 28 heavy (non-hydrogen) atoms. The number of allylic oxidation sites excluding steroid dienone is 2. The number of hydrogen-bond donors (Lipinski definition) is 0. The van der Waals surface area contributed by atoms with Gasteiger partial charge in [-0.15, -0.1) is 0 Å². The summed E-state index contributed by atoms with van der Waals surface area (Å²) in [5.74, 6) is -0.316. The first-order valence-corrected chi connectivity index (χ1v) is 8.55. The Morgan fingerprint density at radius 2 is 1.57 bits per heavy atom. The third-order valence-electron chi connectivity index (χ3n) is 4.72. The van der Waals surface area contributed by atoms with Gasteiger partial charge in [0.2, 0.25) is 5.78 Å². The first-order chi connectivity index (χ1) is 13.4. The molecule has 3 aromatic rings. The molecule has 4 rings (SSSR count). The first kappa shape index (κ1) is 17.7. The number of fused-ring (bicyclic) bond motifs is 2. The van der Waals surface area contributed by atoms with E-state index in [4.69, 9.17) is 13.9 Å². The summed E-state index contributed by atoms with van der Waals surface area (Å²) < 4.78 is 16.0. The molecule has 0 unspecified atom stereocenters. The maximum absolute atomic E-state index is 12.9. The summed E-state index contributed by atoms with van der Waals surface area (Å²) in [6.45, 7) is 1.82. The highest BCUT2D eigenvalue weighted by Crippen LogP contribution is 2.41. The van der Waals surface area contributed by atoms with Crippen molar-refractivity contribution in [3.05, 3.63) is 75.3 Å². The van der Waals surface area contributed by atoms with Crippen LogP contribution in [-0.4, -0.2) is 25.8 Å². The maximum Gasteiger partial charge on any atom is 0.336 e. The summed E-state index contributed by atoms with van der Waals surface area (Å²) in [6, 6.07) is 9.89. The number of carbonyl (C=O) groups is 2. The lowest BCUT2D eigenvalue weighted by Gasteiger charge is -2.20. The van der Waals surface area contributed by atoms with Crippen LogP contribution in [0.2, 0.25) is 0 Å². The second-order valence-electron chi connectivity index (χ2n) is 6.46. The Balaban J connectivity index is 2.14. The zero-order valence-corrected chi connectivity index (χ0v) is 15.5. The summed E-state index contributed by atoms with van der Waals surface area (Å²) in [6.07, 6.45) is 1.18. The van der Waals surface area contributed by atoms with Crippen LogP contribution in [0.25, 0.3) is 22.1 Å². The van der Waals surface area contributed by atoms with Crippen LogP contribution in [-0.2, 0) is 4.74 Å². The zero-order chi connectivity index (χ0) is 20.0. The van der Waals surface area contributed by atoms with Gasteiger partial charge >= 0.3 is 5.63 Å². The zero-order valence-electron chi connectivity index (χ0n) is 15.5. The molecule has 0 spiro atoms. The molecule has 0 radical (unpaired) electrons. The summed E-state index contributed by atoms with van der Waals surface area (Å²) in [7, 11) is 2.84. The number of carbonyl (C=O) groups excluding carboxylic acids is 2. The lowest BCUT2D eigenvalue weighted by molar-refractivity contribution is 0.0917. The van der Waals surface area contributed by atoms with Gasteiger partial charge in [-0.05, 0) is 36.8 Å². The number of aryl methyl sites for hydroxylation is 1. The maximum atomic E-state index is 12.9. The minimum atomic E-state index is -0.521. The minimum absolute atomic E-state index is 0.00883. The van der Waals surface area contributed by atoms with E-state index in [0.29, 0.717) is 27.8 Å². The van der Waals surface area contributed by atoms with Crippen LogP contribution < -0.4 is 10.4 Å². The number of Topliss-reactive ketones (excluding diaryl/α,β-unsaturated/α-hetero) is 1. The molecule has 0 bridgehead atoms. The summed E-state index contributed by atoms with van der Waals surface area (Å²) in [4.78, 5) is 37.5. The average Bonchev–Trinajstić information content (AvgIpc) is 2.68. The van der Waals surface area contributed by atoms with Crippen molar-refractivity contribution in [1.82, 2.24) is 0 Å². The van der Waals surface area contributed by atoms with Crippen molar-refractivity contribution in [3.8, 4) is 16.9 Å². The molecule has 1 aliphatic rings. The quantitative estimate of drug-likeness (QED) is 0.649. The van der Waals surface area contributed by atoms with Crippen LogP contribution in [0.3, 0.4) is 0 Å². The Labute approximate surface area is 160 Å². The van der Waals surface area contributed by atoms with E-state index >= 15 is 0 Å². The Morgan fingerprint density at radius 3 is 2.29 bits per heavy atom. The molecular formula is C22H16O6. The molecule has 0 saturated carbocycles. The molecule has 0 amide bonds. The van der Waals surface area contributed by atoms with Gasteiger partial charge in [-0.25, -0.2) is 4.79 Å². The Hall–Kier alpha value is -3.67. The van der Waals surface area contributed by atoms with Crippen molar-refractivity contribution >= 4 is 22.5 Å². The van der Waals surface area contributed by atoms with Gasteiger partial charge < -0.3 is 13.9 Å². The standard InChI is InChI=1S/C22H16O6/c1-11-8-13(19-14(9-11)21(25)17(27-3)10-15(19)23)20-16(26-2)6-4-12-5-7-18(24)28-22(12)20/h4-10H,1-3H3. The summed E-state index contributed by atoms with van der Waals surface area (Å²) in [5, 5.41) is 0.674. The monoisotopic (exact) mass is 376 g/mol. The van der Waals surface area contributed by atoms with Crippen LogP contribution in [0.15, 0.2) is 57.4 Å². The molecule has 1 aliphatic carbocycles. The van der Waals surface area contributed by atoms with Crippen LogP contribution in [0.5, 0.6) is 5.75 Å². The van der Waals surface area contributed by atoms with Crippen molar-refractivity contribution in [2.24, 2.45) is 0 Å². The van der Waals surface area contributed by atoms with Gasteiger partial charge in [-0.2, -0.15) is 0 Å². The molecule has 6 heteroatoms. The average molecular weight is 376 g/mol. The fraction of sp³-hybridized carbons (Fsp3) is 0.136. The van der Waals surface area contributed by atoms with Gasteiger partial charge in [-0.1, -0.05) is 6.07 Å². The fourth-order valence-corrected chi connectivity index (χ4v) is 3.51. The lowest BCUT2D eigenvalue weighted by Crippen LogP contribution is -2.19. The molecule has 0 N–H and O–H groups in total. The molecule has 0 saturated heterocycles. The smallest absolute Gasteiger partial charge is 0.336 e. The second-order valence-corrected chi connectivity index (χ2v) is 6.46. The highest BCUT2D eigenvalue weighted by molar-refractivity contribution is 6.26. The van der Waals surface area contributed by atoms with E-state index in [1.165, 1.54) is 26.4 Å². The van der Waals surface area contributed by atoms with Gasteiger partial charge in [0, 0.05) is 34.2 Å². The summed E-state index contributed by atoms with van der Waals surface area (Å²) in [5.41, 5.74) is 1.94. The van der Waals surface area contributed by atoms with E-state index in [0.717, 1.165) is 5.56 Å². The number of methoxy groups -OCH3 is 2. The van der Waals surface area contributed by atoms with Crippen molar-refractivity contribution < 1.29 is 23.5 Å². The molecule has 6 nitrogen and oxygen atoms in total. The largest absolute Gasteiger partial charge is 0.496 e. The van der Waals surface area contributed by atoms with Gasteiger partial charge in [0.25, 0.3) is 0 Å². The minimum Gasteiger partial charge on any atom is -0.496 e. The van der Waals surface area contributed by atoms with E-state index in [9.17, 15) is 14.4 Å². The lowest BCUT2D eigenvalue weighted by atomic mass is 9.85. The van der Waals surface area contributed by atoms with E-state index in [2.05, 4.69) is 0 Å². The predicted molar refractivity (Wildman–Crippen MR) is 103 cm³/mol. The van der Waals surface area contributed by atoms with Crippen LogP contribution in [0, 0.1) is 6.92 Å². The third kappa shape index (κ3) is 2.62. The summed E-state index contributed by atoms with van der Waals surface area (Å²) >= 11 is 0. The van der Waals surface area contributed by atoms with Crippen molar-refractivity contribution in [2.45, 2.75) is 6.92 Å². The molecule has 0 atom stereocenters. The number of ketones is 2. The predicted octanol–water partition coefficient (Wildman–Crippen LogP) is 3.69. The van der Waals surface area contributed by atoms with Crippen LogP contribution >= 0.6 is 0 Å². The molecule has 140 valence electrons. The second kappa shape index (κ2) is 6.49. The van der Waals surface area contributed by atoms with Crippen LogP contribution in [0.4, 0.5) is 0 Å². The molecule has 0 aliphatic heterocycles.